The van der Waals surface area contributed by atoms with Gasteiger partial charge in [0.05, 0.1) is 177 Å². The molecule has 0 aliphatic carbocycles. The highest BCUT2D eigenvalue weighted by Crippen LogP contribution is 2.37. The summed E-state index contributed by atoms with van der Waals surface area (Å²) in [5.74, 6) is -0.845. The molecule has 1 fully saturated rings. The number of benzene rings is 1. The lowest BCUT2D eigenvalue weighted by Crippen LogP contribution is -2.59. The second-order valence-electron chi connectivity index (χ2n) is 17.5. The van der Waals surface area contributed by atoms with Crippen molar-refractivity contribution >= 4 is 68.8 Å². The molecular formula is C50H82Br2N3O24P. The molecule has 3 rings (SSSR count). The summed E-state index contributed by atoms with van der Waals surface area (Å²) in [6.45, 7) is 10.4. The van der Waals surface area contributed by atoms with Crippen LogP contribution in [-0.2, 0) is 85.3 Å². The number of ether oxygens (including phenoxy) is 14. The van der Waals surface area contributed by atoms with Gasteiger partial charge in [0.15, 0.2) is 0 Å². The molecule has 2 heterocycles. The van der Waals surface area contributed by atoms with E-state index in [1.165, 1.54) is 17.0 Å². The van der Waals surface area contributed by atoms with E-state index in [4.69, 9.17) is 76.1 Å². The van der Waals surface area contributed by atoms with Gasteiger partial charge in [-0.05, 0) is 75.4 Å². The van der Waals surface area contributed by atoms with Crippen LogP contribution in [0.1, 0.15) is 38.5 Å². The SMILES string of the molecule is O=C(CCCCCN1C(=O)C(Br)=C(Br)C1=O)NCCOCCOCCOCCOCCOCCOCCOCCOCCOCCOCCOCCOCCC(=O)Nc1ccc(O[C@H]2O[C@H](CCP(=O)(O)O)[C@@H](O)[C@H](O)[C@@H]2O)cc1. The van der Waals surface area contributed by atoms with E-state index >= 15 is 0 Å². The number of halogens is 2. The van der Waals surface area contributed by atoms with Gasteiger partial charge in [0.25, 0.3) is 11.8 Å². The maximum absolute atomic E-state index is 12.3. The van der Waals surface area contributed by atoms with Gasteiger partial charge < -0.3 is 102 Å². The number of hydrogen-bond donors (Lipinski definition) is 7. The molecule has 1 aromatic rings. The van der Waals surface area contributed by atoms with Crippen LogP contribution in [0.2, 0.25) is 0 Å². The Balaban J connectivity index is 0.938. The molecule has 1 aromatic carbocycles. The Morgan fingerprint density at radius 3 is 1.34 bits per heavy atom. The maximum atomic E-state index is 12.3. The fourth-order valence-corrected chi connectivity index (χ4v) is 8.37. The van der Waals surface area contributed by atoms with Crippen molar-refractivity contribution in [3.8, 4) is 5.75 Å². The highest BCUT2D eigenvalue weighted by atomic mass is 79.9. The van der Waals surface area contributed by atoms with E-state index in [9.17, 15) is 39.1 Å². The third-order valence-corrected chi connectivity index (χ3v) is 14.1. The minimum absolute atomic E-state index is 0.0700. The first-order valence-corrected chi connectivity index (χ1v) is 30.0. The summed E-state index contributed by atoms with van der Waals surface area (Å²) in [5, 5.41) is 36.2. The molecule has 0 aromatic heterocycles. The van der Waals surface area contributed by atoms with E-state index in [1.54, 1.807) is 12.1 Å². The summed E-state index contributed by atoms with van der Waals surface area (Å²) in [4.78, 5) is 67.8. The summed E-state index contributed by atoms with van der Waals surface area (Å²) in [6.07, 6.45) is -5.84. The van der Waals surface area contributed by atoms with Gasteiger partial charge in [-0.15, -0.1) is 0 Å². The van der Waals surface area contributed by atoms with Gasteiger partial charge in [-0.1, -0.05) is 6.42 Å². The number of unbranched alkanes of at least 4 members (excludes halogenated alkanes) is 2. The fourth-order valence-electron chi connectivity index (χ4n) is 7.01. The fraction of sp³-hybridized carbons (Fsp3) is 0.760. The molecule has 7 N–H and O–H groups in total. The Kier molecular flexibility index (Phi) is 40.1. The van der Waals surface area contributed by atoms with Crippen molar-refractivity contribution < 1.29 is 115 Å². The Hall–Kier alpha value is -2.69. The highest BCUT2D eigenvalue weighted by Gasteiger charge is 2.45. The molecule has 460 valence electrons. The molecule has 0 spiro atoms. The lowest BCUT2D eigenvalue weighted by molar-refractivity contribution is -0.272. The minimum Gasteiger partial charge on any atom is -0.462 e. The van der Waals surface area contributed by atoms with Crippen molar-refractivity contribution in [1.82, 2.24) is 10.2 Å². The zero-order valence-electron chi connectivity index (χ0n) is 45.2. The van der Waals surface area contributed by atoms with Crippen molar-refractivity contribution in [2.24, 2.45) is 0 Å². The summed E-state index contributed by atoms with van der Waals surface area (Å²) < 4.78 is 88.7. The van der Waals surface area contributed by atoms with Crippen LogP contribution in [0.3, 0.4) is 0 Å². The van der Waals surface area contributed by atoms with Crippen molar-refractivity contribution in [3.05, 3.63) is 33.2 Å². The minimum atomic E-state index is -4.38. The van der Waals surface area contributed by atoms with E-state index in [2.05, 4.69) is 42.5 Å². The number of carbonyl (C=O) groups is 4. The second kappa shape index (κ2) is 44.8. The third-order valence-electron chi connectivity index (χ3n) is 11.2. The molecule has 80 heavy (non-hydrogen) atoms. The molecule has 4 amide bonds. The normalized spacial score (nSPS) is 18.6. The number of aliphatic hydroxyl groups is 3. The Morgan fingerprint density at radius 2 is 0.925 bits per heavy atom. The Bertz CT molecular complexity index is 1900. The van der Waals surface area contributed by atoms with Crippen molar-refractivity contribution in [2.75, 3.05) is 183 Å². The molecule has 0 saturated carbocycles. The molecule has 27 nitrogen and oxygen atoms in total. The van der Waals surface area contributed by atoms with Crippen LogP contribution in [0.5, 0.6) is 5.75 Å². The number of imide groups is 1. The molecule has 0 radical (unpaired) electrons. The lowest BCUT2D eigenvalue weighted by atomic mass is 9.97. The van der Waals surface area contributed by atoms with Crippen LogP contribution >= 0.6 is 39.5 Å². The van der Waals surface area contributed by atoms with E-state index in [0.29, 0.717) is 190 Å². The summed E-state index contributed by atoms with van der Waals surface area (Å²) in [5.41, 5.74) is 0.462. The van der Waals surface area contributed by atoms with Gasteiger partial charge in [0.2, 0.25) is 18.1 Å². The number of nitrogens with zero attached hydrogens (tertiary/aromatic N) is 1. The average Bonchev–Trinajstić information content (AvgIpc) is 3.61. The number of rotatable bonds is 51. The van der Waals surface area contributed by atoms with Gasteiger partial charge in [0, 0.05) is 25.2 Å². The van der Waals surface area contributed by atoms with Gasteiger partial charge in [-0.3, -0.25) is 28.6 Å². The molecule has 1 saturated heterocycles. The van der Waals surface area contributed by atoms with Crippen molar-refractivity contribution in [2.45, 2.75) is 69.2 Å². The lowest BCUT2D eigenvalue weighted by Gasteiger charge is -2.40. The van der Waals surface area contributed by atoms with Gasteiger partial charge >= 0.3 is 7.60 Å². The summed E-state index contributed by atoms with van der Waals surface area (Å²) in [6, 6.07) is 6.08. The predicted octanol–water partition coefficient (Wildman–Crippen LogP) is 1.02. The first-order valence-electron chi connectivity index (χ1n) is 26.6. The zero-order valence-corrected chi connectivity index (χ0v) is 49.2. The molecule has 0 unspecified atom stereocenters. The van der Waals surface area contributed by atoms with E-state index in [0.717, 1.165) is 6.42 Å². The van der Waals surface area contributed by atoms with Crippen LogP contribution in [0.25, 0.3) is 0 Å². The number of anilines is 1. The van der Waals surface area contributed by atoms with Crippen LogP contribution < -0.4 is 15.4 Å². The topological polar surface area (TPSA) is 343 Å². The first-order chi connectivity index (χ1) is 38.7. The Morgan fingerprint density at radius 1 is 0.525 bits per heavy atom. The number of nitrogens with one attached hydrogen (secondary N) is 2. The summed E-state index contributed by atoms with van der Waals surface area (Å²) in [7, 11) is -4.38. The third kappa shape index (κ3) is 33.6. The maximum Gasteiger partial charge on any atom is 0.325 e. The standard InChI is InChI=1S/C50H82Br2N3O24P/c51-43-44(52)49(62)55(48(43)61)12-3-1-2-4-41(56)53-11-14-67-16-18-69-20-22-71-24-26-73-28-30-75-32-34-77-36-35-76-33-31-74-29-27-72-25-23-70-21-19-68-17-15-66-13-9-42(57)54-38-5-7-39(8-6-38)78-50-47(60)46(59)45(58)40(79-50)10-37-80(63,64)65/h5-8,40,45-47,50,58-60H,1-4,9-37H2,(H,53,56)(H,54,57)(H2,63,64,65)/t40-,45-,46+,47+,50+/m1/s1. The van der Waals surface area contributed by atoms with Crippen LogP contribution in [0.4, 0.5) is 5.69 Å². The zero-order chi connectivity index (χ0) is 58.1. The van der Waals surface area contributed by atoms with Gasteiger partial charge in [-0.2, -0.15) is 0 Å². The number of carbonyl (C=O) groups excluding carboxylic acids is 4. The number of aliphatic hydroxyl groups excluding tert-OH is 3. The van der Waals surface area contributed by atoms with E-state index in [-0.39, 0.29) is 57.8 Å². The number of amides is 4. The van der Waals surface area contributed by atoms with Crippen molar-refractivity contribution in [3.63, 3.8) is 0 Å². The molecule has 2 aliphatic rings. The van der Waals surface area contributed by atoms with E-state index < -0.39 is 44.5 Å². The predicted molar refractivity (Wildman–Crippen MR) is 291 cm³/mol. The largest absolute Gasteiger partial charge is 0.462 e. The molecule has 5 atom stereocenters. The Labute approximate surface area is 483 Å². The van der Waals surface area contributed by atoms with Crippen LogP contribution in [-0.4, -0.2) is 262 Å². The average molecular weight is 1300 g/mol. The van der Waals surface area contributed by atoms with Gasteiger partial charge in [0.1, 0.15) is 33.0 Å². The summed E-state index contributed by atoms with van der Waals surface area (Å²) >= 11 is 6.21. The molecular weight excluding hydrogens is 1220 g/mol. The van der Waals surface area contributed by atoms with Crippen LogP contribution in [0.15, 0.2) is 33.2 Å². The van der Waals surface area contributed by atoms with Crippen LogP contribution in [0, 0.1) is 0 Å². The van der Waals surface area contributed by atoms with Crippen molar-refractivity contribution in [1.29, 1.82) is 0 Å². The molecule has 0 bridgehead atoms. The monoisotopic (exact) mass is 1300 g/mol. The molecule has 2 aliphatic heterocycles. The van der Waals surface area contributed by atoms with Gasteiger partial charge in [-0.25, -0.2) is 0 Å². The highest BCUT2D eigenvalue weighted by molar-refractivity contribution is 9.14. The smallest absolute Gasteiger partial charge is 0.325 e. The first kappa shape index (κ1) is 71.6. The quantitative estimate of drug-likeness (QED) is 0.0272. The second-order valence-corrected chi connectivity index (χ2v) is 20.9. The van der Waals surface area contributed by atoms with E-state index in [1.807, 2.05) is 0 Å². The number of hydrogen-bond acceptors (Lipinski definition) is 22. The molecule has 30 heteroatoms.